The molecule has 1 aromatic rings. The lowest BCUT2D eigenvalue weighted by atomic mass is 10.2. The minimum Gasteiger partial charge on any atom is -0.462 e. The monoisotopic (exact) mass is 298 g/mol. The third-order valence-electron chi connectivity index (χ3n) is 2.26. The Hall–Kier alpha value is -1.40. The van der Waals surface area contributed by atoms with Crippen LogP contribution in [0.5, 0.6) is 0 Å². The summed E-state index contributed by atoms with van der Waals surface area (Å²) in [4.78, 5) is 13.0. The number of nitrogens with one attached hydrogen (secondary N) is 2. The topological polar surface area (TPSA) is 50.4 Å². The summed E-state index contributed by atoms with van der Waals surface area (Å²) in [6.45, 7) is 8.36. The Labute approximate surface area is 122 Å². The van der Waals surface area contributed by atoms with Crippen LogP contribution in [0.3, 0.4) is 0 Å². The standard InChI is InChI=1S/C13H18N2O2S2/c1-4-7-14-13(18)15-11-10(12(16)17-6-3)8-9(5-2)19-11/h4,8H,1,5-7H2,2-3H3,(H2,14,15,18). The Morgan fingerprint density at radius 3 is 2.89 bits per heavy atom. The second kappa shape index (κ2) is 7.91. The number of ether oxygens (including phenoxy) is 1. The number of thiocarbonyl (C=S) groups is 1. The van der Waals surface area contributed by atoms with Crippen LogP contribution < -0.4 is 10.6 Å². The maximum atomic E-state index is 11.9. The van der Waals surface area contributed by atoms with Gasteiger partial charge >= 0.3 is 5.97 Å². The highest BCUT2D eigenvalue weighted by Crippen LogP contribution is 2.29. The molecule has 0 aliphatic heterocycles. The summed E-state index contributed by atoms with van der Waals surface area (Å²) >= 11 is 6.65. The van der Waals surface area contributed by atoms with Crippen LogP contribution in [0.1, 0.15) is 29.1 Å². The second-order valence-electron chi connectivity index (χ2n) is 3.65. The van der Waals surface area contributed by atoms with E-state index < -0.39 is 0 Å². The fourth-order valence-electron chi connectivity index (χ4n) is 1.38. The van der Waals surface area contributed by atoms with E-state index in [2.05, 4.69) is 17.2 Å². The molecule has 0 saturated carbocycles. The van der Waals surface area contributed by atoms with Crippen LogP contribution in [0, 0.1) is 0 Å². The number of aryl methyl sites for hydroxylation is 1. The van der Waals surface area contributed by atoms with Gasteiger partial charge in [0, 0.05) is 11.4 Å². The minimum atomic E-state index is -0.326. The van der Waals surface area contributed by atoms with Crippen molar-refractivity contribution in [2.75, 3.05) is 18.5 Å². The second-order valence-corrected chi connectivity index (χ2v) is 5.20. The summed E-state index contributed by atoms with van der Waals surface area (Å²) in [6, 6.07) is 1.85. The van der Waals surface area contributed by atoms with Crippen LogP contribution >= 0.6 is 23.6 Å². The van der Waals surface area contributed by atoms with Crippen LogP contribution in [0.2, 0.25) is 0 Å². The summed E-state index contributed by atoms with van der Waals surface area (Å²) < 4.78 is 5.04. The third kappa shape index (κ3) is 4.65. The molecule has 0 aliphatic rings. The van der Waals surface area contributed by atoms with Crippen molar-refractivity contribution in [2.45, 2.75) is 20.3 Å². The molecule has 2 N–H and O–H groups in total. The third-order valence-corrected chi connectivity index (χ3v) is 3.70. The number of anilines is 1. The van der Waals surface area contributed by atoms with Gasteiger partial charge in [-0.3, -0.25) is 0 Å². The molecule has 0 bridgehead atoms. The van der Waals surface area contributed by atoms with Crippen molar-refractivity contribution >= 4 is 39.6 Å². The fraction of sp³-hybridized carbons (Fsp3) is 0.385. The molecule has 19 heavy (non-hydrogen) atoms. The van der Waals surface area contributed by atoms with Gasteiger partial charge in [0.1, 0.15) is 5.00 Å². The molecule has 4 nitrogen and oxygen atoms in total. The van der Waals surface area contributed by atoms with E-state index in [-0.39, 0.29) is 5.97 Å². The average Bonchev–Trinajstić information content (AvgIpc) is 2.79. The van der Waals surface area contributed by atoms with E-state index in [1.54, 1.807) is 13.0 Å². The van der Waals surface area contributed by atoms with Gasteiger partial charge in [0.15, 0.2) is 5.11 Å². The summed E-state index contributed by atoms with van der Waals surface area (Å²) in [6.07, 6.45) is 2.58. The predicted octanol–water partition coefficient (Wildman–Crippen LogP) is 2.96. The number of rotatable bonds is 6. The Kier molecular flexibility index (Phi) is 6.52. The lowest BCUT2D eigenvalue weighted by molar-refractivity contribution is 0.0528. The molecule has 0 saturated heterocycles. The summed E-state index contributed by atoms with van der Waals surface area (Å²) in [7, 11) is 0. The van der Waals surface area contributed by atoms with Gasteiger partial charge in [0.05, 0.1) is 12.2 Å². The maximum absolute atomic E-state index is 11.9. The summed E-state index contributed by atoms with van der Waals surface area (Å²) in [5.74, 6) is -0.326. The van der Waals surface area contributed by atoms with E-state index in [0.717, 1.165) is 16.3 Å². The van der Waals surface area contributed by atoms with E-state index in [9.17, 15) is 4.79 Å². The van der Waals surface area contributed by atoms with Crippen molar-refractivity contribution < 1.29 is 9.53 Å². The first-order chi connectivity index (χ1) is 9.12. The quantitative estimate of drug-likeness (QED) is 0.480. The van der Waals surface area contributed by atoms with Gasteiger partial charge < -0.3 is 15.4 Å². The van der Waals surface area contributed by atoms with Crippen molar-refractivity contribution in [1.29, 1.82) is 0 Å². The number of thiophene rings is 1. The van der Waals surface area contributed by atoms with Crippen LogP contribution in [-0.2, 0) is 11.2 Å². The van der Waals surface area contributed by atoms with Gasteiger partial charge in [0.2, 0.25) is 0 Å². The highest BCUT2D eigenvalue weighted by Gasteiger charge is 2.17. The smallest absolute Gasteiger partial charge is 0.341 e. The van der Waals surface area contributed by atoms with Gasteiger partial charge in [-0.2, -0.15) is 0 Å². The molecule has 6 heteroatoms. The lowest BCUT2D eigenvalue weighted by Crippen LogP contribution is -2.28. The molecule has 1 rings (SSSR count). The lowest BCUT2D eigenvalue weighted by Gasteiger charge is -2.08. The zero-order valence-electron chi connectivity index (χ0n) is 11.1. The van der Waals surface area contributed by atoms with Gasteiger partial charge in [0.25, 0.3) is 0 Å². The van der Waals surface area contributed by atoms with Crippen molar-refractivity contribution in [2.24, 2.45) is 0 Å². The van der Waals surface area contributed by atoms with E-state index in [1.165, 1.54) is 11.3 Å². The van der Waals surface area contributed by atoms with Crippen molar-refractivity contribution in [3.8, 4) is 0 Å². The predicted molar refractivity (Wildman–Crippen MR) is 84.1 cm³/mol. The zero-order chi connectivity index (χ0) is 14.3. The normalized spacial score (nSPS) is 9.79. The zero-order valence-corrected chi connectivity index (χ0v) is 12.7. The van der Waals surface area contributed by atoms with Gasteiger partial charge in [-0.15, -0.1) is 17.9 Å². The molecule has 0 amide bonds. The fourth-order valence-corrected chi connectivity index (χ4v) is 2.62. The average molecular weight is 298 g/mol. The number of hydrogen-bond donors (Lipinski definition) is 2. The molecule has 0 fully saturated rings. The van der Waals surface area contributed by atoms with Crippen LogP contribution in [0.4, 0.5) is 5.00 Å². The Bertz CT molecular complexity index is 469. The van der Waals surface area contributed by atoms with E-state index >= 15 is 0 Å². The minimum absolute atomic E-state index is 0.326. The van der Waals surface area contributed by atoms with Gasteiger partial charge in [-0.1, -0.05) is 13.0 Å². The largest absolute Gasteiger partial charge is 0.462 e. The number of hydrogen-bond acceptors (Lipinski definition) is 4. The summed E-state index contributed by atoms with van der Waals surface area (Å²) in [5, 5.41) is 7.18. The maximum Gasteiger partial charge on any atom is 0.341 e. The van der Waals surface area contributed by atoms with Crippen LogP contribution in [-0.4, -0.2) is 24.2 Å². The molecule has 1 heterocycles. The number of esters is 1. The highest BCUT2D eigenvalue weighted by molar-refractivity contribution is 7.80. The summed E-state index contributed by atoms with van der Waals surface area (Å²) in [5.41, 5.74) is 0.534. The van der Waals surface area contributed by atoms with Crippen molar-refractivity contribution in [3.05, 3.63) is 29.2 Å². The number of carbonyl (C=O) groups is 1. The first-order valence-electron chi connectivity index (χ1n) is 6.07. The van der Waals surface area contributed by atoms with Crippen molar-refractivity contribution in [1.82, 2.24) is 5.32 Å². The molecule has 0 spiro atoms. The van der Waals surface area contributed by atoms with Crippen LogP contribution in [0.25, 0.3) is 0 Å². The van der Waals surface area contributed by atoms with E-state index in [4.69, 9.17) is 17.0 Å². The van der Waals surface area contributed by atoms with Gasteiger partial charge in [-0.25, -0.2) is 4.79 Å². The molecule has 0 atom stereocenters. The molecule has 0 unspecified atom stereocenters. The number of carbonyl (C=O) groups excluding carboxylic acids is 1. The van der Waals surface area contributed by atoms with Crippen molar-refractivity contribution in [3.63, 3.8) is 0 Å². The molecular weight excluding hydrogens is 280 g/mol. The molecule has 0 aromatic carbocycles. The molecule has 104 valence electrons. The Morgan fingerprint density at radius 1 is 1.58 bits per heavy atom. The van der Waals surface area contributed by atoms with Crippen LogP contribution in [0.15, 0.2) is 18.7 Å². The molecule has 0 radical (unpaired) electrons. The van der Waals surface area contributed by atoms with E-state index in [0.29, 0.717) is 23.8 Å². The SMILES string of the molecule is C=CCNC(=S)Nc1sc(CC)cc1C(=O)OCC. The molecule has 1 aromatic heterocycles. The van der Waals surface area contributed by atoms with E-state index in [1.807, 2.05) is 13.0 Å². The highest BCUT2D eigenvalue weighted by atomic mass is 32.1. The van der Waals surface area contributed by atoms with Gasteiger partial charge in [-0.05, 0) is 31.6 Å². The molecular formula is C13H18N2O2S2. The molecule has 0 aliphatic carbocycles. The Morgan fingerprint density at radius 2 is 2.32 bits per heavy atom. The first-order valence-corrected chi connectivity index (χ1v) is 7.30. The first kappa shape index (κ1) is 15.7. The Balaban J connectivity index is 2.85.